The molecule has 1 aromatic rings. The Balaban J connectivity index is 2.27. The number of benzene rings is 1. The van der Waals surface area contributed by atoms with Gasteiger partial charge < -0.3 is 19.3 Å². The van der Waals surface area contributed by atoms with Crippen LogP contribution < -0.4 is 4.74 Å². The van der Waals surface area contributed by atoms with Crippen LogP contribution in [0.15, 0.2) is 24.3 Å². The van der Waals surface area contributed by atoms with Crippen molar-refractivity contribution in [1.29, 1.82) is 0 Å². The van der Waals surface area contributed by atoms with Crippen molar-refractivity contribution in [2.75, 3.05) is 26.9 Å². The summed E-state index contributed by atoms with van der Waals surface area (Å²) in [5.74, 6) is 0.840. The zero-order chi connectivity index (χ0) is 13.9. The van der Waals surface area contributed by atoms with Crippen LogP contribution in [0.25, 0.3) is 0 Å². The number of rotatable bonds is 10. The Labute approximate surface area is 115 Å². The molecular formula is C15H24O4. The van der Waals surface area contributed by atoms with Gasteiger partial charge in [-0.25, -0.2) is 0 Å². The Hall–Kier alpha value is -1.10. The molecule has 1 unspecified atom stereocenters. The highest BCUT2D eigenvalue weighted by Gasteiger charge is 2.06. The second kappa shape index (κ2) is 9.78. The molecule has 0 saturated carbocycles. The van der Waals surface area contributed by atoms with E-state index in [1.165, 1.54) is 0 Å². The fraction of sp³-hybridized carbons (Fsp3) is 0.600. The smallest absolute Gasteiger partial charge is 0.119 e. The van der Waals surface area contributed by atoms with Crippen molar-refractivity contribution in [2.24, 2.45) is 0 Å². The van der Waals surface area contributed by atoms with Gasteiger partial charge in [0.2, 0.25) is 0 Å². The first-order valence-corrected chi connectivity index (χ1v) is 6.73. The summed E-state index contributed by atoms with van der Waals surface area (Å²) >= 11 is 0. The predicted molar refractivity (Wildman–Crippen MR) is 74.4 cm³/mol. The molecule has 4 heteroatoms. The molecule has 0 amide bonds. The molecule has 4 nitrogen and oxygen atoms in total. The molecule has 1 N–H and O–H groups in total. The van der Waals surface area contributed by atoms with E-state index in [1.54, 1.807) is 7.11 Å². The summed E-state index contributed by atoms with van der Waals surface area (Å²) in [4.78, 5) is 0. The third kappa shape index (κ3) is 6.57. The van der Waals surface area contributed by atoms with Gasteiger partial charge in [0.25, 0.3) is 0 Å². The van der Waals surface area contributed by atoms with Crippen LogP contribution in [-0.4, -0.2) is 38.1 Å². The highest BCUT2D eigenvalue weighted by molar-refractivity contribution is 5.27. The lowest BCUT2D eigenvalue weighted by Gasteiger charge is -2.16. The molecular weight excluding hydrogens is 244 g/mol. The molecule has 19 heavy (non-hydrogen) atoms. The molecule has 0 aromatic heterocycles. The van der Waals surface area contributed by atoms with E-state index >= 15 is 0 Å². The maximum atomic E-state index is 8.70. The number of aliphatic hydroxyl groups is 1. The van der Waals surface area contributed by atoms with Gasteiger partial charge >= 0.3 is 0 Å². The summed E-state index contributed by atoms with van der Waals surface area (Å²) in [6.45, 7) is 3.94. The zero-order valence-electron chi connectivity index (χ0n) is 11.8. The van der Waals surface area contributed by atoms with Crippen LogP contribution in [0.1, 0.15) is 25.3 Å². The van der Waals surface area contributed by atoms with Crippen LogP contribution in [0.5, 0.6) is 5.75 Å². The summed E-state index contributed by atoms with van der Waals surface area (Å²) in [6, 6.07) is 7.84. The van der Waals surface area contributed by atoms with E-state index in [2.05, 4.69) is 6.92 Å². The maximum Gasteiger partial charge on any atom is 0.119 e. The quantitative estimate of drug-likeness (QED) is 0.662. The van der Waals surface area contributed by atoms with E-state index in [-0.39, 0.29) is 12.7 Å². The van der Waals surface area contributed by atoms with Crippen molar-refractivity contribution in [3.05, 3.63) is 29.8 Å². The van der Waals surface area contributed by atoms with Gasteiger partial charge in [-0.15, -0.1) is 0 Å². The first-order chi connectivity index (χ1) is 9.30. The van der Waals surface area contributed by atoms with E-state index in [9.17, 15) is 0 Å². The van der Waals surface area contributed by atoms with Gasteiger partial charge in [0, 0.05) is 13.2 Å². The lowest BCUT2D eigenvalue weighted by Crippen LogP contribution is -2.20. The van der Waals surface area contributed by atoms with E-state index in [1.807, 2.05) is 24.3 Å². The Morgan fingerprint density at radius 3 is 2.84 bits per heavy atom. The van der Waals surface area contributed by atoms with E-state index in [4.69, 9.17) is 19.3 Å². The number of hydrogen-bond donors (Lipinski definition) is 1. The molecule has 0 fully saturated rings. The van der Waals surface area contributed by atoms with Gasteiger partial charge in [0.05, 0.1) is 26.4 Å². The number of aliphatic hydroxyl groups excluding tert-OH is 1. The van der Waals surface area contributed by atoms with E-state index in [0.29, 0.717) is 26.2 Å². The highest BCUT2D eigenvalue weighted by Crippen LogP contribution is 2.13. The molecule has 1 rings (SSSR count). The zero-order valence-corrected chi connectivity index (χ0v) is 11.8. The molecule has 0 saturated heterocycles. The van der Waals surface area contributed by atoms with Gasteiger partial charge in [0.15, 0.2) is 0 Å². The monoisotopic (exact) mass is 268 g/mol. The maximum absolute atomic E-state index is 8.70. The fourth-order valence-electron chi connectivity index (χ4n) is 1.67. The van der Waals surface area contributed by atoms with Crippen molar-refractivity contribution < 1.29 is 19.3 Å². The number of methoxy groups -OCH3 is 1. The van der Waals surface area contributed by atoms with Crippen molar-refractivity contribution in [3.63, 3.8) is 0 Å². The van der Waals surface area contributed by atoms with Crippen molar-refractivity contribution in [1.82, 2.24) is 0 Å². The lowest BCUT2D eigenvalue weighted by atomic mass is 10.2. The van der Waals surface area contributed by atoms with Gasteiger partial charge in [-0.2, -0.15) is 0 Å². The molecule has 1 atom stereocenters. The molecule has 0 heterocycles. The molecule has 0 aliphatic rings. The average Bonchev–Trinajstić information content (AvgIpc) is 2.46. The van der Waals surface area contributed by atoms with Crippen LogP contribution in [0.4, 0.5) is 0 Å². The van der Waals surface area contributed by atoms with Crippen LogP contribution >= 0.6 is 0 Å². The third-order valence-corrected chi connectivity index (χ3v) is 2.82. The van der Waals surface area contributed by atoms with Crippen molar-refractivity contribution in [2.45, 2.75) is 32.5 Å². The largest absolute Gasteiger partial charge is 0.497 e. The number of hydrogen-bond acceptors (Lipinski definition) is 4. The topological polar surface area (TPSA) is 47.9 Å². The van der Waals surface area contributed by atoms with Crippen LogP contribution in [0, 0.1) is 0 Å². The summed E-state index contributed by atoms with van der Waals surface area (Å²) in [5, 5.41) is 8.70. The SMILES string of the molecule is CCC(COCc1cccc(OC)c1)OCCCO. The van der Waals surface area contributed by atoms with Gasteiger partial charge in [-0.1, -0.05) is 19.1 Å². The molecule has 1 aromatic carbocycles. The number of ether oxygens (including phenoxy) is 3. The summed E-state index contributed by atoms with van der Waals surface area (Å²) in [5.41, 5.74) is 1.09. The van der Waals surface area contributed by atoms with Gasteiger partial charge in [0.1, 0.15) is 5.75 Å². The van der Waals surface area contributed by atoms with Crippen molar-refractivity contribution in [3.8, 4) is 5.75 Å². The molecule has 108 valence electrons. The standard InChI is InChI=1S/C15H24O4/c1-3-14(19-9-5-8-16)12-18-11-13-6-4-7-15(10-13)17-2/h4,6-7,10,14,16H,3,5,8-9,11-12H2,1-2H3. The summed E-state index contributed by atoms with van der Waals surface area (Å²) in [7, 11) is 1.65. The van der Waals surface area contributed by atoms with E-state index < -0.39 is 0 Å². The second-order valence-corrected chi connectivity index (χ2v) is 4.34. The Bertz CT molecular complexity index is 341. The minimum absolute atomic E-state index is 0.0946. The first-order valence-electron chi connectivity index (χ1n) is 6.73. The van der Waals surface area contributed by atoms with Crippen LogP contribution in [0.2, 0.25) is 0 Å². The Kier molecular flexibility index (Phi) is 8.21. The minimum atomic E-state index is 0.0946. The van der Waals surface area contributed by atoms with Gasteiger partial charge in [-0.05, 0) is 30.5 Å². The second-order valence-electron chi connectivity index (χ2n) is 4.34. The van der Waals surface area contributed by atoms with Crippen molar-refractivity contribution >= 4 is 0 Å². The normalized spacial score (nSPS) is 12.4. The molecule has 0 bridgehead atoms. The molecule has 0 aliphatic heterocycles. The van der Waals surface area contributed by atoms with Gasteiger partial charge in [-0.3, -0.25) is 0 Å². The first kappa shape index (κ1) is 16.0. The third-order valence-electron chi connectivity index (χ3n) is 2.82. The Morgan fingerprint density at radius 1 is 1.32 bits per heavy atom. The highest BCUT2D eigenvalue weighted by atomic mass is 16.5. The Morgan fingerprint density at radius 2 is 2.16 bits per heavy atom. The molecule has 0 radical (unpaired) electrons. The van der Waals surface area contributed by atoms with E-state index in [0.717, 1.165) is 17.7 Å². The summed E-state index contributed by atoms with van der Waals surface area (Å²) in [6.07, 6.45) is 1.67. The predicted octanol–water partition coefficient (Wildman–Crippen LogP) is 2.39. The molecule has 0 spiro atoms. The lowest BCUT2D eigenvalue weighted by molar-refractivity contribution is -0.0265. The summed E-state index contributed by atoms with van der Waals surface area (Å²) < 4.78 is 16.4. The molecule has 0 aliphatic carbocycles. The average molecular weight is 268 g/mol. The fourth-order valence-corrected chi connectivity index (χ4v) is 1.67. The van der Waals surface area contributed by atoms with Crippen LogP contribution in [-0.2, 0) is 16.1 Å². The van der Waals surface area contributed by atoms with Crippen LogP contribution in [0.3, 0.4) is 0 Å². The minimum Gasteiger partial charge on any atom is -0.497 e.